The van der Waals surface area contributed by atoms with E-state index in [4.69, 9.17) is 9.15 Å². The van der Waals surface area contributed by atoms with E-state index in [1.165, 1.54) is 0 Å². The van der Waals surface area contributed by atoms with Gasteiger partial charge in [0.15, 0.2) is 0 Å². The van der Waals surface area contributed by atoms with E-state index in [2.05, 4.69) is 23.2 Å². The molecule has 1 unspecified atom stereocenters. The molecule has 0 aliphatic carbocycles. The molecule has 0 bridgehead atoms. The molecule has 0 saturated carbocycles. The number of hydrogen-bond donors (Lipinski definition) is 1. The summed E-state index contributed by atoms with van der Waals surface area (Å²) in [6, 6.07) is 4.07. The Bertz CT molecular complexity index is 367. The Morgan fingerprint density at radius 2 is 2.17 bits per heavy atom. The van der Waals surface area contributed by atoms with Crippen LogP contribution in [0, 0.1) is 5.92 Å². The summed E-state index contributed by atoms with van der Waals surface area (Å²) in [5.74, 6) is 1.66. The Morgan fingerprint density at radius 3 is 2.72 bits per heavy atom. The zero-order chi connectivity index (χ0) is 12.4. The van der Waals surface area contributed by atoms with E-state index in [1.807, 2.05) is 6.07 Å². The van der Waals surface area contributed by atoms with E-state index in [-0.39, 0.29) is 5.41 Å². The van der Waals surface area contributed by atoms with Crippen LogP contribution in [0.25, 0.3) is 0 Å². The van der Waals surface area contributed by atoms with Crippen molar-refractivity contribution in [2.45, 2.75) is 12.3 Å². The van der Waals surface area contributed by atoms with Crippen molar-refractivity contribution in [3.05, 3.63) is 24.2 Å². The summed E-state index contributed by atoms with van der Waals surface area (Å²) in [6.07, 6.45) is 1.77. The minimum Gasteiger partial charge on any atom is -0.469 e. The van der Waals surface area contributed by atoms with Gasteiger partial charge in [-0.2, -0.15) is 0 Å². The molecule has 2 fully saturated rings. The van der Waals surface area contributed by atoms with Crippen molar-refractivity contribution in [2.24, 2.45) is 5.92 Å². The van der Waals surface area contributed by atoms with Crippen molar-refractivity contribution in [1.29, 1.82) is 0 Å². The molecule has 1 aromatic rings. The highest BCUT2D eigenvalue weighted by Gasteiger charge is 2.47. The Hall–Kier alpha value is -0.840. The van der Waals surface area contributed by atoms with E-state index < -0.39 is 0 Å². The molecule has 4 heteroatoms. The van der Waals surface area contributed by atoms with E-state index in [1.54, 1.807) is 6.26 Å². The lowest BCUT2D eigenvalue weighted by molar-refractivity contribution is -0.102. The first kappa shape index (κ1) is 12.2. The number of nitrogens with one attached hydrogen (secondary N) is 1. The van der Waals surface area contributed by atoms with Gasteiger partial charge < -0.3 is 19.4 Å². The highest BCUT2D eigenvalue weighted by atomic mass is 16.5. The number of hydrogen-bond acceptors (Lipinski definition) is 4. The summed E-state index contributed by atoms with van der Waals surface area (Å²) in [7, 11) is 0. The molecule has 2 saturated heterocycles. The molecule has 1 atom stereocenters. The zero-order valence-corrected chi connectivity index (χ0v) is 11.0. The Balaban J connectivity index is 1.68. The summed E-state index contributed by atoms with van der Waals surface area (Å²) < 4.78 is 11.1. The van der Waals surface area contributed by atoms with Gasteiger partial charge in [-0.05, 0) is 18.1 Å². The maximum Gasteiger partial charge on any atom is 0.114 e. The van der Waals surface area contributed by atoms with Crippen molar-refractivity contribution in [3.63, 3.8) is 0 Å². The van der Waals surface area contributed by atoms with Gasteiger partial charge in [0.1, 0.15) is 5.76 Å². The third-order valence-electron chi connectivity index (χ3n) is 4.42. The predicted molar refractivity (Wildman–Crippen MR) is 69.7 cm³/mol. The van der Waals surface area contributed by atoms with Crippen LogP contribution in [0.15, 0.2) is 22.8 Å². The zero-order valence-electron chi connectivity index (χ0n) is 11.0. The summed E-state index contributed by atoms with van der Waals surface area (Å²) in [6.45, 7) is 9.58. The summed E-state index contributed by atoms with van der Waals surface area (Å²) >= 11 is 0. The molecule has 0 aromatic carbocycles. The molecular weight excluding hydrogens is 228 g/mol. The lowest BCUT2D eigenvalue weighted by Crippen LogP contribution is -2.55. The van der Waals surface area contributed by atoms with Gasteiger partial charge in [0, 0.05) is 32.7 Å². The van der Waals surface area contributed by atoms with E-state index >= 15 is 0 Å². The molecule has 4 nitrogen and oxygen atoms in total. The fourth-order valence-electron chi connectivity index (χ4n) is 3.01. The quantitative estimate of drug-likeness (QED) is 0.868. The van der Waals surface area contributed by atoms with E-state index in [0.29, 0.717) is 5.92 Å². The highest BCUT2D eigenvalue weighted by molar-refractivity contribution is 5.19. The topological polar surface area (TPSA) is 37.6 Å². The van der Waals surface area contributed by atoms with Crippen LogP contribution in [0.4, 0.5) is 0 Å². The van der Waals surface area contributed by atoms with Gasteiger partial charge >= 0.3 is 0 Å². The molecule has 2 aliphatic heterocycles. The van der Waals surface area contributed by atoms with E-state index in [9.17, 15) is 0 Å². The van der Waals surface area contributed by atoms with Crippen molar-refractivity contribution in [2.75, 3.05) is 45.9 Å². The molecule has 0 amide bonds. The van der Waals surface area contributed by atoms with Gasteiger partial charge in [-0.25, -0.2) is 0 Å². The predicted octanol–water partition coefficient (Wildman–Crippen LogP) is 1.09. The number of nitrogens with zero attached hydrogens (tertiary/aromatic N) is 1. The highest BCUT2D eigenvalue weighted by Crippen LogP contribution is 2.40. The molecular formula is C14H22N2O2. The SMILES string of the molecule is CC(CN1CCNCC1)C1(c2ccco2)COC1. The molecule has 0 spiro atoms. The minimum atomic E-state index is 0.106. The lowest BCUT2D eigenvalue weighted by Gasteiger charge is -2.46. The first-order chi connectivity index (χ1) is 8.81. The molecule has 2 aliphatic rings. The average Bonchev–Trinajstić information content (AvgIpc) is 2.83. The average molecular weight is 250 g/mol. The van der Waals surface area contributed by atoms with E-state index in [0.717, 1.165) is 51.7 Å². The van der Waals surface area contributed by atoms with Crippen LogP contribution in [-0.2, 0) is 10.2 Å². The lowest BCUT2D eigenvalue weighted by atomic mass is 9.72. The normalized spacial score (nSPS) is 25.6. The maximum absolute atomic E-state index is 5.64. The molecule has 100 valence electrons. The van der Waals surface area contributed by atoms with Gasteiger partial charge in [-0.3, -0.25) is 0 Å². The van der Waals surface area contributed by atoms with Crippen molar-refractivity contribution in [3.8, 4) is 0 Å². The number of piperazine rings is 1. The smallest absolute Gasteiger partial charge is 0.114 e. The van der Waals surface area contributed by atoms with Gasteiger partial charge in [0.05, 0.1) is 24.9 Å². The monoisotopic (exact) mass is 250 g/mol. The number of ether oxygens (including phenoxy) is 1. The van der Waals surface area contributed by atoms with Crippen LogP contribution in [0.3, 0.4) is 0 Å². The van der Waals surface area contributed by atoms with Gasteiger partial charge in [0.25, 0.3) is 0 Å². The standard InChI is InChI=1S/C14H22N2O2/c1-12(9-16-6-4-15-5-7-16)14(10-17-11-14)13-3-2-8-18-13/h2-3,8,12,15H,4-7,9-11H2,1H3. The van der Waals surface area contributed by atoms with Crippen molar-refractivity contribution < 1.29 is 9.15 Å². The van der Waals surface area contributed by atoms with Crippen molar-refractivity contribution in [1.82, 2.24) is 10.2 Å². The first-order valence-electron chi connectivity index (χ1n) is 6.86. The summed E-state index contributed by atoms with van der Waals surface area (Å²) in [5.41, 5.74) is 0.106. The maximum atomic E-state index is 5.64. The van der Waals surface area contributed by atoms with Gasteiger partial charge in [0.2, 0.25) is 0 Å². The van der Waals surface area contributed by atoms with Gasteiger partial charge in [-0.15, -0.1) is 0 Å². The van der Waals surface area contributed by atoms with Crippen LogP contribution >= 0.6 is 0 Å². The molecule has 1 aromatic heterocycles. The molecule has 1 N–H and O–H groups in total. The third-order valence-corrected chi connectivity index (χ3v) is 4.42. The second-order valence-corrected chi connectivity index (χ2v) is 5.58. The molecule has 0 radical (unpaired) electrons. The number of rotatable bonds is 4. The third kappa shape index (κ3) is 2.09. The summed E-state index contributed by atoms with van der Waals surface area (Å²) in [5, 5.41) is 3.40. The van der Waals surface area contributed by atoms with Crippen molar-refractivity contribution >= 4 is 0 Å². The van der Waals surface area contributed by atoms with Crippen LogP contribution < -0.4 is 5.32 Å². The van der Waals surface area contributed by atoms with Crippen LogP contribution in [0.5, 0.6) is 0 Å². The Morgan fingerprint density at radius 1 is 1.39 bits per heavy atom. The van der Waals surface area contributed by atoms with Gasteiger partial charge in [-0.1, -0.05) is 6.92 Å². The largest absolute Gasteiger partial charge is 0.469 e. The van der Waals surface area contributed by atoms with Crippen LogP contribution in [0.2, 0.25) is 0 Å². The molecule has 3 rings (SSSR count). The second kappa shape index (κ2) is 5.03. The number of furan rings is 1. The minimum absolute atomic E-state index is 0.106. The van der Waals surface area contributed by atoms with Crippen LogP contribution in [0.1, 0.15) is 12.7 Å². The molecule has 3 heterocycles. The fraction of sp³-hybridized carbons (Fsp3) is 0.714. The fourth-order valence-corrected chi connectivity index (χ4v) is 3.01. The molecule has 18 heavy (non-hydrogen) atoms. The Kier molecular flexibility index (Phi) is 3.41. The first-order valence-corrected chi connectivity index (χ1v) is 6.86. The summed E-state index contributed by atoms with van der Waals surface area (Å²) in [4.78, 5) is 2.55. The second-order valence-electron chi connectivity index (χ2n) is 5.58. The Labute approximate surface area is 108 Å². The van der Waals surface area contributed by atoms with Crippen LogP contribution in [-0.4, -0.2) is 50.8 Å².